The maximum Gasteiger partial charge on any atom is 0.277 e. The van der Waals surface area contributed by atoms with Crippen LogP contribution in [-0.2, 0) is 0 Å². The highest BCUT2D eigenvalue weighted by atomic mass is 16.2. The lowest BCUT2D eigenvalue weighted by Gasteiger charge is -2.11. The van der Waals surface area contributed by atoms with Gasteiger partial charge in [-0.1, -0.05) is 17.7 Å². The summed E-state index contributed by atoms with van der Waals surface area (Å²) in [6, 6.07) is 4.07. The van der Waals surface area contributed by atoms with Crippen molar-refractivity contribution in [1.29, 1.82) is 0 Å². The van der Waals surface area contributed by atoms with Crippen molar-refractivity contribution in [2.75, 3.05) is 5.32 Å². The number of nitrogens with one attached hydrogen (secondary N) is 2. The average molecular weight is 230 g/mol. The van der Waals surface area contributed by atoms with Gasteiger partial charge in [-0.15, -0.1) is 0 Å². The average Bonchev–Trinajstić information content (AvgIpc) is 2.76. The zero-order chi connectivity index (χ0) is 12.4. The molecule has 0 spiro atoms. The summed E-state index contributed by atoms with van der Waals surface area (Å²) in [5.41, 5.74) is 4.38. The molecule has 0 saturated carbocycles. The van der Waals surface area contributed by atoms with E-state index in [1.807, 2.05) is 32.9 Å². The molecular weight excluding hydrogens is 216 g/mol. The number of aryl methyl sites for hydroxylation is 3. The van der Waals surface area contributed by atoms with Gasteiger partial charge in [0.2, 0.25) is 0 Å². The minimum Gasteiger partial charge on any atom is -0.320 e. The Morgan fingerprint density at radius 2 is 1.88 bits per heavy atom. The summed E-state index contributed by atoms with van der Waals surface area (Å²) in [5, 5.41) is 12.6. The van der Waals surface area contributed by atoms with E-state index in [9.17, 15) is 4.79 Å². The van der Waals surface area contributed by atoms with Crippen molar-refractivity contribution in [3.8, 4) is 0 Å². The van der Waals surface area contributed by atoms with E-state index in [1.54, 1.807) is 0 Å². The molecule has 1 aromatic heterocycles. The van der Waals surface area contributed by atoms with Crippen molar-refractivity contribution in [2.45, 2.75) is 20.8 Å². The molecule has 0 atom stereocenters. The van der Waals surface area contributed by atoms with Gasteiger partial charge in [-0.25, -0.2) is 0 Å². The monoisotopic (exact) mass is 230 g/mol. The molecule has 0 aliphatic carbocycles. The number of carbonyl (C=O) groups is 1. The number of anilines is 1. The first kappa shape index (κ1) is 11.3. The molecule has 0 saturated heterocycles. The van der Waals surface area contributed by atoms with Crippen molar-refractivity contribution in [3.05, 3.63) is 40.7 Å². The number of aromatic nitrogens is 3. The minimum atomic E-state index is -0.256. The number of benzene rings is 1. The summed E-state index contributed by atoms with van der Waals surface area (Å²) >= 11 is 0. The van der Waals surface area contributed by atoms with Crippen LogP contribution in [0.3, 0.4) is 0 Å². The third-order valence-corrected chi connectivity index (χ3v) is 2.56. The van der Waals surface area contributed by atoms with Crippen LogP contribution >= 0.6 is 0 Å². The highest BCUT2D eigenvalue weighted by Gasteiger charge is 2.12. The second kappa shape index (κ2) is 4.37. The zero-order valence-electron chi connectivity index (χ0n) is 10.0. The van der Waals surface area contributed by atoms with E-state index in [1.165, 1.54) is 11.8 Å². The predicted molar refractivity (Wildman–Crippen MR) is 65.0 cm³/mol. The van der Waals surface area contributed by atoms with Crippen LogP contribution < -0.4 is 5.32 Å². The number of hydrogen-bond acceptors (Lipinski definition) is 3. The fourth-order valence-corrected chi connectivity index (χ4v) is 1.87. The highest BCUT2D eigenvalue weighted by Crippen LogP contribution is 2.22. The number of carbonyl (C=O) groups excluding carboxylic acids is 1. The van der Waals surface area contributed by atoms with Crippen molar-refractivity contribution in [3.63, 3.8) is 0 Å². The Balaban J connectivity index is 2.28. The molecule has 0 radical (unpaired) electrons. The quantitative estimate of drug-likeness (QED) is 0.828. The summed E-state index contributed by atoms with van der Waals surface area (Å²) in [4.78, 5) is 11.8. The Labute approximate surface area is 99.2 Å². The molecule has 88 valence electrons. The molecule has 1 aromatic carbocycles. The molecule has 17 heavy (non-hydrogen) atoms. The Morgan fingerprint density at radius 3 is 2.41 bits per heavy atom. The van der Waals surface area contributed by atoms with Gasteiger partial charge in [-0.05, 0) is 31.9 Å². The fourth-order valence-electron chi connectivity index (χ4n) is 1.87. The van der Waals surface area contributed by atoms with Gasteiger partial charge in [0.1, 0.15) is 0 Å². The number of hydrogen-bond donors (Lipinski definition) is 2. The molecule has 1 heterocycles. The smallest absolute Gasteiger partial charge is 0.277 e. The molecular formula is C12H14N4O. The van der Waals surface area contributed by atoms with Crippen LogP contribution in [0.25, 0.3) is 0 Å². The molecule has 5 heteroatoms. The summed E-state index contributed by atoms with van der Waals surface area (Å²) < 4.78 is 0. The summed E-state index contributed by atoms with van der Waals surface area (Å²) in [7, 11) is 0. The standard InChI is InChI=1S/C12H14N4O/c1-7-4-8(2)11(9(3)5-7)14-12(17)10-6-13-16-15-10/h4-6H,1-3H3,(H,14,17)(H,13,15,16). The summed E-state index contributed by atoms with van der Waals surface area (Å²) in [6.07, 6.45) is 1.40. The van der Waals surface area contributed by atoms with E-state index in [-0.39, 0.29) is 11.6 Å². The van der Waals surface area contributed by atoms with Crippen LogP contribution in [0.1, 0.15) is 27.2 Å². The van der Waals surface area contributed by atoms with Gasteiger partial charge in [0.05, 0.1) is 6.20 Å². The molecule has 1 amide bonds. The van der Waals surface area contributed by atoms with E-state index in [0.717, 1.165) is 16.8 Å². The van der Waals surface area contributed by atoms with Crippen molar-refractivity contribution in [2.24, 2.45) is 0 Å². The molecule has 0 aliphatic heterocycles. The second-order valence-electron chi connectivity index (χ2n) is 4.08. The van der Waals surface area contributed by atoms with Crippen LogP contribution in [0.5, 0.6) is 0 Å². The molecule has 0 unspecified atom stereocenters. The SMILES string of the molecule is Cc1cc(C)c(NC(=O)c2cn[nH]n2)c(C)c1. The molecule has 2 aromatic rings. The van der Waals surface area contributed by atoms with Gasteiger partial charge in [0, 0.05) is 5.69 Å². The first-order chi connectivity index (χ1) is 8.08. The van der Waals surface area contributed by atoms with Crippen LogP contribution in [0.2, 0.25) is 0 Å². The lowest BCUT2D eigenvalue weighted by Crippen LogP contribution is -2.14. The van der Waals surface area contributed by atoms with Crippen LogP contribution in [0.15, 0.2) is 18.3 Å². The van der Waals surface area contributed by atoms with Crippen LogP contribution in [0.4, 0.5) is 5.69 Å². The number of nitrogens with zero attached hydrogens (tertiary/aromatic N) is 2. The molecule has 0 aliphatic rings. The van der Waals surface area contributed by atoms with Gasteiger partial charge >= 0.3 is 0 Å². The number of H-pyrrole nitrogens is 1. The first-order valence-electron chi connectivity index (χ1n) is 5.33. The van der Waals surface area contributed by atoms with Crippen LogP contribution in [0, 0.1) is 20.8 Å². The van der Waals surface area contributed by atoms with Gasteiger partial charge in [0.15, 0.2) is 5.69 Å². The third-order valence-electron chi connectivity index (χ3n) is 2.56. The minimum absolute atomic E-state index is 0.256. The Kier molecular flexibility index (Phi) is 2.91. The largest absolute Gasteiger partial charge is 0.320 e. The third kappa shape index (κ3) is 2.33. The summed E-state index contributed by atoms with van der Waals surface area (Å²) in [5.74, 6) is -0.256. The molecule has 0 fully saturated rings. The molecule has 5 nitrogen and oxygen atoms in total. The lowest BCUT2D eigenvalue weighted by molar-refractivity contribution is 0.102. The van der Waals surface area contributed by atoms with Gasteiger partial charge in [-0.3, -0.25) is 4.79 Å². The van der Waals surface area contributed by atoms with Crippen molar-refractivity contribution >= 4 is 11.6 Å². The summed E-state index contributed by atoms with van der Waals surface area (Å²) in [6.45, 7) is 5.97. The van der Waals surface area contributed by atoms with E-state index in [2.05, 4.69) is 20.7 Å². The normalized spacial score (nSPS) is 10.3. The maximum atomic E-state index is 11.8. The van der Waals surface area contributed by atoms with Gasteiger partial charge in [0.25, 0.3) is 5.91 Å². The lowest BCUT2D eigenvalue weighted by atomic mass is 10.1. The van der Waals surface area contributed by atoms with Gasteiger partial charge in [-0.2, -0.15) is 15.4 Å². The zero-order valence-corrected chi connectivity index (χ0v) is 10.0. The van der Waals surface area contributed by atoms with E-state index < -0.39 is 0 Å². The topological polar surface area (TPSA) is 70.7 Å². The Hall–Kier alpha value is -2.17. The number of rotatable bonds is 2. The fraction of sp³-hybridized carbons (Fsp3) is 0.250. The van der Waals surface area contributed by atoms with Crippen molar-refractivity contribution in [1.82, 2.24) is 15.4 Å². The maximum absolute atomic E-state index is 11.8. The Bertz CT molecular complexity index is 523. The number of amides is 1. The highest BCUT2D eigenvalue weighted by molar-refractivity contribution is 6.03. The van der Waals surface area contributed by atoms with E-state index in [4.69, 9.17) is 0 Å². The number of aromatic amines is 1. The van der Waals surface area contributed by atoms with Gasteiger partial charge < -0.3 is 5.32 Å². The first-order valence-corrected chi connectivity index (χ1v) is 5.33. The Morgan fingerprint density at radius 1 is 1.24 bits per heavy atom. The second-order valence-corrected chi connectivity index (χ2v) is 4.08. The molecule has 2 N–H and O–H groups in total. The van der Waals surface area contributed by atoms with Crippen LogP contribution in [-0.4, -0.2) is 21.3 Å². The molecule has 2 rings (SSSR count). The predicted octanol–water partition coefficient (Wildman–Crippen LogP) is 1.98. The molecule has 0 bridgehead atoms. The van der Waals surface area contributed by atoms with Crippen molar-refractivity contribution < 1.29 is 4.79 Å². The van der Waals surface area contributed by atoms with E-state index in [0.29, 0.717) is 0 Å². The van der Waals surface area contributed by atoms with E-state index >= 15 is 0 Å².